The summed E-state index contributed by atoms with van der Waals surface area (Å²) in [6.07, 6.45) is 3.08. The number of anilines is 1. The lowest BCUT2D eigenvalue weighted by Gasteiger charge is -2.32. The molecule has 1 saturated heterocycles. The molecule has 208 valence electrons. The van der Waals surface area contributed by atoms with E-state index in [0.717, 1.165) is 48.6 Å². The van der Waals surface area contributed by atoms with Crippen LogP contribution < -0.4 is 4.31 Å². The molecule has 1 aliphatic heterocycles. The Balaban J connectivity index is 1.65. The van der Waals surface area contributed by atoms with Crippen molar-refractivity contribution in [1.29, 1.82) is 0 Å². The Labute approximate surface area is 232 Å². The zero-order valence-electron chi connectivity index (χ0n) is 21.5. The summed E-state index contributed by atoms with van der Waals surface area (Å²) in [6.45, 7) is 3.84. The summed E-state index contributed by atoms with van der Waals surface area (Å²) in [5.41, 5.74) is 0.623. The number of likely N-dealkylation sites (tertiary alicyclic amines) is 1. The van der Waals surface area contributed by atoms with E-state index in [9.17, 15) is 22.0 Å². The van der Waals surface area contributed by atoms with E-state index in [4.69, 9.17) is 11.6 Å². The maximum atomic E-state index is 15.0. The Morgan fingerprint density at radius 3 is 2.26 bits per heavy atom. The molecule has 0 aliphatic carbocycles. The summed E-state index contributed by atoms with van der Waals surface area (Å²) >= 11 is 5.94. The summed E-state index contributed by atoms with van der Waals surface area (Å²) in [6, 6.07) is 11.1. The van der Waals surface area contributed by atoms with E-state index in [1.807, 2.05) is 0 Å². The number of hydrogen-bond donors (Lipinski definition) is 0. The third kappa shape index (κ3) is 7.01. The molecule has 1 aliphatic rings. The third-order valence-corrected chi connectivity index (χ3v) is 9.16. The number of carbonyl (C=O) groups is 1. The molecule has 0 amide bonds. The van der Waals surface area contributed by atoms with Gasteiger partial charge in [0.05, 0.1) is 16.6 Å². The number of ketones is 1. The average molecular weight is 579 g/mol. The topological polar surface area (TPSA) is 57.7 Å². The molecule has 0 aromatic heterocycles. The van der Waals surface area contributed by atoms with Crippen molar-refractivity contribution in [1.82, 2.24) is 4.90 Å². The molecule has 1 heterocycles. The lowest BCUT2D eigenvalue weighted by atomic mass is 9.96. The van der Waals surface area contributed by atoms with Crippen molar-refractivity contribution in [2.45, 2.75) is 50.0 Å². The molecule has 0 N–H and O–H groups in total. The highest BCUT2D eigenvalue weighted by Crippen LogP contribution is 2.37. The van der Waals surface area contributed by atoms with Crippen LogP contribution in [0, 0.1) is 17.5 Å². The van der Waals surface area contributed by atoms with Gasteiger partial charge >= 0.3 is 0 Å². The fourth-order valence-electron chi connectivity index (χ4n) is 4.92. The summed E-state index contributed by atoms with van der Waals surface area (Å²) < 4.78 is 72.2. The van der Waals surface area contributed by atoms with Gasteiger partial charge in [-0.1, -0.05) is 17.7 Å². The minimum atomic E-state index is -4.39. The third-order valence-electron chi connectivity index (χ3n) is 7.01. The number of rotatable bonds is 10. The fourth-order valence-corrected chi connectivity index (χ4v) is 6.68. The number of aryl methyl sites for hydroxylation is 1. The van der Waals surface area contributed by atoms with Crippen LogP contribution in [0.3, 0.4) is 0 Å². The van der Waals surface area contributed by atoms with Gasteiger partial charge in [0.1, 0.15) is 23.2 Å². The first-order valence-electron chi connectivity index (χ1n) is 12.8. The number of benzene rings is 3. The highest BCUT2D eigenvalue weighted by Gasteiger charge is 2.33. The smallest absolute Gasteiger partial charge is 0.264 e. The SMILES string of the molecule is C[C@H](c1ccc(F)cc1CCCCN1CCC(=O)CC1)N(c1cc(F)ccc1F)S(=O)(=O)c1ccc(Cl)cc1. The summed E-state index contributed by atoms with van der Waals surface area (Å²) in [7, 11) is -4.39. The Hall–Kier alpha value is -2.88. The van der Waals surface area contributed by atoms with Crippen LogP contribution in [0.2, 0.25) is 5.02 Å². The van der Waals surface area contributed by atoms with Gasteiger partial charge in [0.2, 0.25) is 0 Å². The van der Waals surface area contributed by atoms with Gasteiger partial charge in [-0.2, -0.15) is 0 Å². The monoisotopic (exact) mass is 578 g/mol. The molecular weight excluding hydrogens is 549 g/mol. The van der Waals surface area contributed by atoms with Gasteiger partial charge in [0.15, 0.2) is 0 Å². The van der Waals surface area contributed by atoms with Gasteiger partial charge in [-0.05, 0) is 92.4 Å². The predicted molar refractivity (Wildman–Crippen MR) is 146 cm³/mol. The highest BCUT2D eigenvalue weighted by molar-refractivity contribution is 7.92. The van der Waals surface area contributed by atoms with E-state index in [2.05, 4.69) is 4.90 Å². The molecule has 1 fully saturated rings. The number of halogens is 4. The van der Waals surface area contributed by atoms with Crippen LogP contribution in [0.5, 0.6) is 0 Å². The predicted octanol–water partition coefficient (Wildman–Crippen LogP) is 6.70. The molecule has 0 bridgehead atoms. The standard InChI is InChI=1S/C29H30ClF3N2O3S/c1-20(27-11-7-23(31)18-21(27)4-2-3-15-34-16-13-25(36)14-17-34)35(29-19-24(32)8-12-28(29)33)39(37,38)26-9-5-22(30)6-10-26/h5-12,18-20H,2-4,13-17H2,1H3/t20-/m1/s1. The molecule has 0 spiro atoms. The van der Waals surface area contributed by atoms with Crippen molar-refractivity contribution in [3.63, 3.8) is 0 Å². The van der Waals surface area contributed by atoms with E-state index < -0.39 is 39.2 Å². The van der Waals surface area contributed by atoms with Crippen molar-refractivity contribution in [3.05, 3.63) is 94.3 Å². The van der Waals surface area contributed by atoms with Crippen molar-refractivity contribution >= 4 is 33.1 Å². The van der Waals surface area contributed by atoms with Gasteiger partial charge in [-0.25, -0.2) is 21.6 Å². The number of hydrogen-bond acceptors (Lipinski definition) is 4. The van der Waals surface area contributed by atoms with Gasteiger partial charge in [0, 0.05) is 37.0 Å². The average Bonchev–Trinajstić information content (AvgIpc) is 2.90. The molecule has 1 atom stereocenters. The first kappa shape index (κ1) is 29.1. The van der Waals surface area contributed by atoms with Crippen LogP contribution in [-0.2, 0) is 21.2 Å². The second kappa shape index (κ2) is 12.5. The van der Waals surface area contributed by atoms with Crippen molar-refractivity contribution in [2.75, 3.05) is 23.9 Å². The minimum Gasteiger partial charge on any atom is -0.302 e. The number of nitrogens with zero attached hydrogens (tertiary/aromatic N) is 2. The van der Waals surface area contributed by atoms with Crippen LogP contribution in [-0.4, -0.2) is 38.7 Å². The molecule has 10 heteroatoms. The van der Waals surface area contributed by atoms with Crippen LogP contribution in [0.1, 0.15) is 49.8 Å². The molecule has 0 saturated carbocycles. The van der Waals surface area contributed by atoms with Crippen LogP contribution in [0.4, 0.5) is 18.9 Å². The van der Waals surface area contributed by atoms with Crippen LogP contribution in [0.25, 0.3) is 0 Å². The van der Waals surface area contributed by atoms with Crippen molar-refractivity contribution in [2.24, 2.45) is 0 Å². The van der Waals surface area contributed by atoms with E-state index in [-0.39, 0.29) is 10.7 Å². The van der Waals surface area contributed by atoms with Crippen LogP contribution in [0.15, 0.2) is 65.6 Å². The summed E-state index contributed by atoms with van der Waals surface area (Å²) in [5.74, 6) is -1.91. The van der Waals surface area contributed by atoms with E-state index in [1.165, 1.54) is 42.5 Å². The lowest BCUT2D eigenvalue weighted by Crippen LogP contribution is -2.35. The summed E-state index contributed by atoms with van der Waals surface area (Å²) in [4.78, 5) is 13.5. The molecule has 5 nitrogen and oxygen atoms in total. The maximum Gasteiger partial charge on any atom is 0.264 e. The van der Waals surface area contributed by atoms with E-state index in [1.54, 1.807) is 6.92 Å². The highest BCUT2D eigenvalue weighted by atomic mass is 35.5. The van der Waals surface area contributed by atoms with Crippen molar-refractivity contribution in [3.8, 4) is 0 Å². The van der Waals surface area contributed by atoms with Gasteiger partial charge in [-0.15, -0.1) is 0 Å². The van der Waals surface area contributed by atoms with E-state index in [0.29, 0.717) is 41.8 Å². The van der Waals surface area contributed by atoms with E-state index >= 15 is 4.39 Å². The second-order valence-electron chi connectivity index (χ2n) is 9.71. The zero-order chi connectivity index (χ0) is 28.2. The van der Waals surface area contributed by atoms with Gasteiger partial charge in [0.25, 0.3) is 10.0 Å². The number of sulfonamides is 1. The normalized spacial score (nSPS) is 15.4. The number of unbranched alkanes of at least 4 members (excludes halogenated alkanes) is 1. The Morgan fingerprint density at radius 1 is 0.923 bits per heavy atom. The van der Waals surface area contributed by atoms with Crippen molar-refractivity contribution < 1.29 is 26.4 Å². The summed E-state index contributed by atoms with van der Waals surface area (Å²) in [5, 5.41) is 0.322. The number of carbonyl (C=O) groups excluding carboxylic acids is 1. The first-order chi connectivity index (χ1) is 18.6. The zero-order valence-corrected chi connectivity index (χ0v) is 23.1. The number of piperidine rings is 1. The molecule has 3 aromatic carbocycles. The largest absolute Gasteiger partial charge is 0.302 e. The van der Waals surface area contributed by atoms with Gasteiger partial charge < -0.3 is 4.90 Å². The molecule has 3 aromatic rings. The molecular formula is C29H30ClF3N2O3S. The first-order valence-corrected chi connectivity index (χ1v) is 14.7. The Kier molecular flexibility index (Phi) is 9.35. The molecule has 0 unspecified atom stereocenters. The Bertz CT molecular complexity index is 1420. The van der Waals surface area contributed by atoms with Gasteiger partial charge in [-0.3, -0.25) is 9.10 Å². The maximum absolute atomic E-state index is 15.0. The molecule has 39 heavy (non-hydrogen) atoms. The fraction of sp³-hybridized carbons (Fsp3) is 0.345. The lowest BCUT2D eigenvalue weighted by molar-refractivity contribution is -0.121. The second-order valence-corrected chi connectivity index (χ2v) is 12.0. The van der Waals surface area contributed by atoms with Crippen LogP contribution >= 0.6 is 11.6 Å². The molecule has 4 rings (SSSR count). The molecule has 0 radical (unpaired) electrons. The number of Topliss-reactive ketones (excluding diaryl/α,β-unsaturated/α-hetero) is 1. The quantitative estimate of drug-likeness (QED) is 0.251. The minimum absolute atomic E-state index is 0.147. The Morgan fingerprint density at radius 2 is 1.56 bits per heavy atom.